The molecule has 1 aromatic carbocycles. The molecule has 1 unspecified atom stereocenters. The molecule has 10 heteroatoms. The maximum absolute atomic E-state index is 12.0. The number of hydrogen-bond donors (Lipinski definition) is 2. The van der Waals surface area contributed by atoms with Gasteiger partial charge in [0.05, 0.1) is 17.8 Å². The molecule has 3 rings (SSSR count). The normalized spacial score (nSPS) is 12.6. The van der Waals surface area contributed by atoms with E-state index >= 15 is 0 Å². The second-order valence-electron chi connectivity index (χ2n) is 10.0. The lowest BCUT2D eigenvalue weighted by atomic mass is 9.91. The van der Waals surface area contributed by atoms with Crippen LogP contribution in [0.4, 0.5) is 9.59 Å². The van der Waals surface area contributed by atoms with Crippen LogP contribution >= 0.6 is 11.6 Å². The van der Waals surface area contributed by atoms with Gasteiger partial charge in [0.1, 0.15) is 12.2 Å². The van der Waals surface area contributed by atoms with Crippen LogP contribution in [0.2, 0.25) is 0 Å². The molecule has 194 valence electrons. The van der Waals surface area contributed by atoms with Crippen LogP contribution in [0.15, 0.2) is 36.5 Å². The van der Waals surface area contributed by atoms with Gasteiger partial charge >= 0.3 is 11.5 Å². The fraction of sp³-hybridized carbons (Fsp3) is 0.462. The Bertz CT molecular complexity index is 1220. The second-order valence-corrected chi connectivity index (χ2v) is 10.3. The van der Waals surface area contributed by atoms with E-state index in [-0.39, 0.29) is 30.9 Å². The zero-order chi connectivity index (χ0) is 26.5. The van der Waals surface area contributed by atoms with Gasteiger partial charge in [0.2, 0.25) is 0 Å². The fourth-order valence-corrected chi connectivity index (χ4v) is 3.83. The van der Waals surface area contributed by atoms with Gasteiger partial charge in [-0.1, -0.05) is 32.0 Å². The van der Waals surface area contributed by atoms with E-state index in [4.69, 9.17) is 21.1 Å². The molecule has 0 saturated heterocycles. The number of aromatic nitrogens is 3. The lowest BCUT2D eigenvalue weighted by Gasteiger charge is -2.19. The summed E-state index contributed by atoms with van der Waals surface area (Å²) in [6.07, 6.45) is 2.06. The van der Waals surface area contributed by atoms with Gasteiger partial charge in [-0.05, 0) is 62.3 Å². The van der Waals surface area contributed by atoms with Crippen molar-refractivity contribution in [2.75, 3.05) is 6.61 Å². The summed E-state index contributed by atoms with van der Waals surface area (Å²) in [5, 5.41) is 16.9. The first-order chi connectivity index (χ1) is 16.9. The number of carbonyl (C=O) groups is 2. The van der Waals surface area contributed by atoms with Gasteiger partial charge in [0, 0.05) is 29.9 Å². The van der Waals surface area contributed by atoms with Crippen LogP contribution in [0.25, 0.3) is 16.8 Å². The Morgan fingerprint density at radius 1 is 1.19 bits per heavy atom. The van der Waals surface area contributed by atoms with E-state index in [0.717, 1.165) is 22.2 Å². The fourth-order valence-electron chi connectivity index (χ4n) is 3.77. The van der Waals surface area contributed by atoms with Crippen molar-refractivity contribution in [3.63, 3.8) is 0 Å². The zero-order valence-electron chi connectivity index (χ0n) is 21.2. The van der Waals surface area contributed by atoms with Crippen LogP contribution < -0.4 is 5.32 Å². The van der Waals surface area contributed by atoms with Crippen molar-refractivity contribution in [2.24, 2.45) is 11.8 Å². The lowest BCUT2D eigenvalue weighted by Crippen LogP contribution is -2.32. The van der Waals surface area contributed by atoms with Crippen molar-refractivity contribution in [1.82, 2.24) is 19.9 Å². The molecule has 2 N–H and O–H groups in total. The molecule has 2 aromatic heterocycles. The summed E-state index contributed by atoms with van der Waals surface area (Å²) in [6, 6.07) is 9.65. The van der Waals surface area contributed by atoms with Gasteiger partial charge in [0.15, 0.2) is 5.82 Å². The predicted molar refractivity (Wildman–Crippen MR) is 137 cm³/mol. The van der Waals surface area contributed by atoms with Gasteiger partial charge in [0.25, 0.3) is 0 Å². The van der Waals surface area contributed by atoms with E-state index < -0.39 is 17.1 Å². The molecular formula is C26H33ClN4O5. The van der Waals surface area contributed by atoms with Gasteiger partial charge in [-0.25, -0.2) is 19.1 Å². The number of rotatable bonds is 9. The minimum absolute atomic E-state index is 0.0705. The highest BCUT2D eigenvalue weighted by Crippen LogP contribution is 2.27. The average molecular weight is 517 g/mol. The van der Waals surface area contributed by atoms with E-state index in [1.165, 1.54) is 0 Å². The van der Waals surface area contributed by atoms with Gasteiger partial charge in [-0.3, -0.25) is 0 Å². The number of carbonyl (C=O) groups excluding carboxylic acids is 2. The highest BCUT2D eigenvalue weighted by Gasteiger charge is 2.20. The highest BCUT2D eigenvalue weighted by atomic mass is 35.5. The number of fused-ring (bicyclic) bond motifs is 1. The van der Waals surface area contributed by atoms with Crippen molar-refractivity contribution in [2.45, 2.75) is 59.8 Å². The van der Waals surface area contributed by atoms with Gasteiger partial charge in [-0.2, -0.15) is 5.10 Å². The molecule has 0 aliphatic carbocycles. The summed E-state index contributed by atoms with van der Waals surface area (Å²) in [5.74, 6) is 0.617. The first-order valence-electron chi connectivity index (χ1n) is 11.8. The number of nitrogens with one attached hydrogen (secondary N) is 1. The van der Waals surface area contributed by atoms with Crippen LogP contribution in [-0.2, 0) is 29.0 Å². The van der Waals surface area contributed by atoms with Crippen LogP contribution in [0.5, 0.6) is 0 Å². The molecule has 0 fully saturated rings. The summed E-state index contributed by atoms with van der Waals surface area (Å²) in [6.45, 7) is 9.77. The van der Waals surface area contributed by atoms with Crippen molar-refractivity contribution in [1.29, 1.82) is 0 Å². The number of aliphatic hydroxyl groups excluding tert-OH is 1. The monoisotopic (exact) mass is 516 g/mol. The summed E-state index contributed by atoms with van der Waals surface area (Å²) in [5.41, 5.74) is 2.73. The Balaban J connectivity index is 1.89. The summed E-state index contributed by atoms with van der Waals surface area (Å²) in [7, 11) is 0. The zero-order valence-corrected chi connectivity index (χ0v) is 22.0. The number of aliphatic hydroxyl groups is 1. The molecule has 0 radical (unpaired) electrons. The third-order valence-corrected chi connectivity index (χ3v) is 5.70. The van der Waals surface area contributed by atoms with Crippen molar-refractivity contribution in [3.8, 4) is 11.3 Å². The number of amides is 1. The van der Waals surface area contributed by atoms with Crippen LogP contribution in [-0.4, -0.2) is 43.4 Å². The SMILES string of the molecule is CC(C)C(COC(=O)Cl)Cc1cc2c(-c3cccc(CNC(=O)OC(C)(C)C)c3)nc(CO)nn2c1. The maximum Gasteiger partial charge on any atom is 0.407 e. The van der Waals surface area contributed by atoms with Crippen LogP contribution in [0.3, 0.4) is 0 Å². The van der Waals surface area contributed by atoms with Crippen molar-refractivity contribution >= 4 is 28.6 Å². The third-order valence-electron chi connectivity index (χ3n) is 5.59. The van der Waals surface area contributed by atoms with E-state index in [9.17, 15) is 14.7 Å². The number of alkyl carbamates (subject to hydrolysis) is 1. The Morgan fingerprint density at radius 2 is 1.94 bits per heavy atom. The van der Waals surface area contributed by atoms with E-state index in [2.05, 4.69) is 29.2 Å². The Morgan fingerprint density at radius 3 is 2.58 bits per heavy atom. The second kappa shape index (κ2) is 11.7. The van der Waals surface area contributed by atoms with Crippen molar-refractivity contribution < 1.29 is 24.2 Å². The van der Waals surface area contributed by atoms with E-state index in [1.807, 2.05) is 57.3 Å². The molecule has 2 heterocycles. The number of nitrogens with zero attached hydrogens (tertiary/aromatic N) is 3. The molecule has 0 aliphatic rings. The topological polar surface area (TPSA) is 115 Å². The number of hydrogen-bond acceptors (Lipinski definition) is 7. The molecule has 1 atom stereocenters. The van der Waals surface area contributed by atoms with E-state index in [1.54, 1.807) is 4.52 Å². The summed E-state index contributed by atoms with van der Waals surface area (Å²) in [4.78, 5) is 27.7. The molecule has 36 heavy (non-hydrogen) atoms. The average Bonchev–Trinajstić information content (AvgIpc) is 3.21. The smallest absolute Gasteiger partial charge is 0.407 e. The van der Waals surface area contributed by atoms with Crippen LogP contribution in [0, 0.1) is 11.8 Å². The molecule has 0 spiro atoms. The lowest BCUT2D eigenvalue weighted by molar-refractivity contribution is 0.0523. The Labute approximate surface area is 215 Å². The number of benzene rings is 1. The Hall–Kier alpha value is -3.17. The van der Waals surface area contributed by atoms with Gasteiger partial charge < -0.3 is 19.9 Å². The first-order valence-corrected chi connectivity index (χ1v) is 12.2. The molecule has 0 bridgehead atoms. The minimum atomic E-state index is -0.815. The highest BCUT2D eigenvalue weighted by molar-refractivity contribution is 6.61. The van der Waals surface area contributed by atoms with Crippen LogP contribution in [0.1, 0.15) is 51.6 Å². The predicted octanol–water partition coefficient (Wildman–Crippen LogP) is 5.10. The molecule has 3 aromatic rings. The largest absolute Gasteiger partial charge is 0.453 e. The quantitative estimate of drug-likeness (QED) is 0.380. The summed E-state index contributed by atoms with van der Waals surface area (Å²) < 4.78 is 12.1. The van der Waals surface area contributed by atoms with Gasteiger partial charge in [-0.15, -0.1) is 0 Å². The molecule has 1 amide bonds. The standard InChI is InChI=1S/C26H33ClN4O5/c1-16(2)20(15-35-24(27)33)10-18-11-21-23(29-22(14-32)30-31(21)13-18)19-8-6-7-17(9-19)12-28-25(34)36-26(3,4)5/h6-9,11,13,16,20,32H,10,12,14-15H2,1-5H3,(H,28,34). The Kier molecular flexibility index (Phi) is 8.92. The first kappa shape index (κ1) is 27.4. The molecule has 9 nitrogen and oxygen atoms in total. The van der Waals surface area contributed by atoms with E-state index in [0.29, 0.717) is 18.7 Å². The maximum atomic E-state index is 12.0. The molecule has 0 saturated carbocycles. The molecule has 0 aliphatic heterocycles. The summed E-state index contributed by atoms with van der Waals surface area (Å²) >= 11 is 5.36. The number of ether oxygens (including phenoxy) is 2. The van der Waals surface area contributed by atoms with Crippen molar-refractivity contribution in [3.05, 3.63) is 53.5 Å². The minimum Gasteiger partial charge on any atom is -0.453 e. The third kappa shape index (κ3) is 7.66. The number of halogens is 1. The molecular weight excluding hydrogens is 484 g/mol.